The maximum atomic E-state index is 11.5. The zero-order valence-corrected chi connectivity index (χ0v) is 17.6. The van der Waals surface area contributed by atoms with Gasteiger partial charge in [-0.05, 0) is 36.5 Å². The molecule has 1 heterocycles. The Balaban J connectivity index is 2.86. The van der Waals surface area contributed by atoms with Gasteiger partial charge in [0.1, 0.15) is 7.05 Å². The van der Waals surface area contributed by atoms with Crippen molar-refractivity contribution in [2.75, 3.05) is 14.2 Å². The lowest BCUT2D eigenvalue weighted by atomic mass is 9.95. The van der Waals surface area contributed by atoms with E-state index in [9.17, 15) is 8.42 Å². The van der Waals surface area contributed by atoms with E-state index in [4.69, 9.17) is 9.98 Å². The van der Waals surface area contributed by atoms with Crippen molar-refractivity contribution in [3.8, 4) is 0 Å². The molecule has 1 rings (SSSR count). The second-order valence-electron chi connectivity index (χ2n) is 7.63. The number of unbranched alkanes of at least 4 members (excludes halogenated alkanes) is 5. The van der Waals surface area contributed by atoms with Crippen molar-refractivity contribution >= 4 is 16.1 Å². The second-order valence-corrected chi connectivity index (χ2v) is 8.92. The molecule has 2 atom stereocenters. The van der Waals surface area contributed by atoms with E-state index in [-0.39, 0.29) is 4.65 Å². The largest absolute Gasteiger partial charge is 0.430 e. The minimum atomic E-state index is -4.19. The Bertz CT molecular complexity index is 576. The third-order valence-electron chi connectivity index (χ3n) is 5.75. The van der Waals surface area contributed by atoms with Gasteiger partial charge < -0.3 is 0 Å². The summed E-state index contributed by atoms with van der Waals surface area (Å²) in [5, 5.41) is 0. The molecule has 0 N–H and O–H groups in total. The molecule has 1 aliphatic rings. The second kappa shape index (κ2) is 8.43. The molecule has 25 heavy (non-hydrogen) atoms. The molecule has 0 aliphatic carbocycles. The molecule has 0 aromatic heterocycles. The summed E-state index contributed by atoms with van der Waals surface area (Å²) in [4.78, 5) is 10.3. The van der Waals surface area contributed by atoms with Gasteiger partial charge in [-0.15, -0.1) is 4.65 Å². The van der Waals surface area contributed by atoms with Crippen molar-refractivity contribution in [1.29, 1.82) is 0 Å². The summed E-state index contributed by atoms with van der Waals surface area (Å²) < 4.78 is 32.0. The Morgan fingerprint density at radius 3 is 2.20 bits per heavy atom. The highest BCUT2D eigenvalue weighted by Crippen LogP contribution is 2.45. The monoisotopic (exact) mass is 379 g/mol. The average molecular weight is 380 g/mol. The topological polar surface area (TPSA) is 74.2 Å². The van der Waals surface area contributed by atoms with Crippen LogP contribution in [0.1, 0.15) is 79.6 Å². The molecule has 0 bridgehead atoms. The number of nitrogens with zero attached hydrogens (tertiary/aromatic N) is 2. The van der Waals surface area contributed by atoms with Crippen molar-refractivity contribution in [3.63, 3.8) is 0 Å². The van der Waals surface area contributed by atoms with Crippen LogP contribution in [0.25, 0.3) is 0 Å². The van der Waals surface area contributed by atoms with Gasteiger partial charge in [-0.2, -0.15) is 8.42 Å². The molecule has 0 aromatic carbocycles. The molecule has 0 saturated heterocycles. The molecule has 0 aromatic rings. The maximum Gasteiger partial charge on any atom is 0.430 e. The summed E-state index contributed by atoms with van der Waals surface area (Å²) in [7, 11) is -1.35. The highest BCUT2D eigenvalue weighted by molar-refractivity contribution is 7.81. The minimum Gasteiger partial charge on any atom is -0.250 e. The number of hydrogen-bond donors (Lipinski definition) is 0. The predicted octanol–water partition coefficient (Wildman–Crippen LogP) is 3.91. The molecule has 1 aliphatic heterocycles. The van der Waals surface area contributed by atoms with Crippen molar-refractivity contribution < 1.29 is 26.6 Å². The quantitative estimate of drug-likeness (QED) is 0.235. The van der Waals surface area contributed by atoms with E-state index in [0.29, 0.717) is 0 Å². The highest BCUT2D eigenvalue weighted by Gasteiger charge is 2.64. The fourth-order valence-corrected chi connectivity index (χ4v) is 3.57. The zero-order chi connectivity index (χ0) is 19.4. The predicted molar refractivity (Wildman–Crippen MR) is 97.9 cm³/mol. The van der Waals surface area contributed by atoms with Crippen LogP contribution < -0.4 is 0 Å². The van der Waals surface area contributed by atoms with E-state index in [1.807, 2.05) is 34.7 Å². The van der Waals surface area contributed by atoms with E-state index in [1.165, 1.54) is 25.7 Å². The van der Waals surface area contributed by atoms with E-state index < -0.39 is 21.6 Å². The van der Waals surface area contributed by atoms with Gasteiger partial charge in [0.2, 0.25) is 5.66 Å². The Morgan fingerprint density at radius 1 is 1.08 bits per heavy atom. The van der Waals surface area contributed by atoms with Gasteiger partial charge in [0.25, 0.3) is 0 Å². The van der Waals surface area contributed by atoms with Gasteiger partial charge in [-0.3, -0.25) is 0 Å². The van der Waals surface area contributed by atoms with E-state index >= 15 is 0 Å². The minimum absolute atomic E-state index is 0.108. The molecule has 7 nitrogen and oxygen atoms in total. The molecule has 0 saturated carbocycles. The van der Waals surface area contributed by atoms with Crippen LogP contribution in [-0.4, -0.2) is 44.1 Å². The van der Waals surface area contributed by atoms with Crippen molar-refractivity contribution in [3.05, 3.63) is 0 Å². The molecule has 8 heteroatoms. The number of rotatable bonds is 11. The number of aliphatic imine (C=N–C) groups is 1. The smallest absolute Gasteiger partial charge is 0.250 e. The first-order valence-corrected chi connectivity index (χ1v) is 10.4. The normalized spacial score (nSPS) is 29.0. The third-order valence-corrected chi connectivity index (χ3v) is 6.39. The van der Waals surface area contributed by atoms with Gasteiger partial charge in [0.05, 0.1) is 12.8 Å². The fraction of sp³-hybridized carbons (Fsp3) is 0.941. The van der Waals surface area contributed by atoms with E-state index in [2.05, 4.69) is 15.4 Å². The zero-order valence-electron chi connectivity index (χ0n) is 16.8. The molecule has 148 valence electrons. The lowest BCUT2D eigenvalue weighted by Crippen LogP contribution is -2.66. The maximum absolute atomic E-state index is 11.5. The number of hydrogen-bond acceptors (Lipinski definition) is 6. The first-order valence-electron chi connectivity index (χ1n) is 9.08. The summed E-state index contributed by atoms with van der Waals surface area (Å²) in [5.74, 6) is 0. The van der Waals surface area contributed by atoms with Crippen molar-refractivity contribution in [2.45, 2.75) is 90.8 Å². The van der Waals surface area contributed by atoms with Crippen LogP contribution in [0.2, 0.25) is 0 Å². The molecule has 0 fully saturated rings. The average Bonchev–Trinajstić information content (AvgIpc) is 2.67. The fourth-order valence-electron chi connectivity index (χ4n) is 3.31. The van der Waals surface area contributed by atoms with E-state index in [1.54, 1.807) is 0 Å². The van der Waals surface area contributed by atoms with Gasteiger partial charge >= 0.3 is 10.4 Å². The Hall–Kier alpha value is -0.540. The van der Waals surface area contributed by atoms with Crippen molar-refractivity contribution in [1.82, 2.24) is 0 Å². The SMILES string of the molecule is CCCCCCCCC1(C)N=C(C)C(C)(C)[N+]1(C)OOS(=O)(=O)OC. The van der Waals surface area contributed by atoms with Gasteiger partial charge in [0, 0.05) is 13.3 Å². The van der Waals surface area contributed by atoms with Gasteiger partial charge in [-0.25, -0.2) is 9.18 Å². The first kappa shape index (κ1) is 22.5. The lowest BCUT2D eigenvalue weighted by Gasteiger charge is -2.44. The Labute approximate surface area is 153 Å². The summed E-state index contributed by atoms with van der Waals surface area (Å²) in [6.45, 7) is 10.1. The summed E-state index contributed by atoms with van der Waals surface area (Å²) in [6, 6.07) is 0. The Morgan fingerprint density at radius 2 is 1.64 bits per heavy atom. The number of quaternary nitrogens is 1. The summed E-state index contributed by atoms with van der Waals surface area (Å²) in [5.41, 5.74) is -0.246. The molecular weight excluding hydrogens is 344 g/mol. The molecule has 0 amide bonds. The van der Waals surface area contributed by atoms with Gasteiger partial charge in [-0.1, -0.05) is 39.0 Å². The Kier molecular flexibility index (Phi) is 7.59. The molecular formula is C17H35N2O5S+. The summed E-state index contributed by atoms with van der Waals surface area (Å²) >= 11 is 0. The van der Waals surface area contributed by atoms with Crippen LogP contribution >= 0.6 is 0 Å². The van der Waals surface area contributed by atoms with Crippen molar-refractivity contribution in [2.24, 2.45) is 4.99 Å². The molecule has 0 spiro atoms. The standard InChI is InChI=1S/C17H35N2O5S/c1-8-9-10-11-12-13-14-17(5)18-15(2)16(3,4)19(17,6)23-24-25(20,21)22-7/h8-14H2,1-7H3/q+1. The third kappa shape index (κ3) is 4.80. The van der Waals surface area contributed by atoms with Crippen LogP contribution in [0.5, 0.6) is 0 Å². The number of hydroxylamine groups is 3. The van der Waals surface area contributed by atoms with Gasteiger partial charge in [0.15, 0.2) is 5.54 Å². The lowest BCUT2D eigenvalue weighted by molar-refractivity contribution is -1.18. The summed E-state index contributed by atoms with van der Waals surface area (Å²) in [6.07, 6.45) is 7.86. The van der Waals surface area contributed by atoms with Crippen LogP contribution in [0.4, 0.5) is 0 Å². The first-order chi connectivity index (χ1) is 11.5. The highest BCUT2D eigenvalue weighted by atomic mass is 32.3. The molecule has 0 radical (unpaired) electrons. The van der Waals surface area contributed by atoms with Crippen LogP contribution in [0, 0.1) is 0 Å². The molecule has 2 unspecified atom stereocenters. The van der Waals surface area contributed by atoms with E-state index in [0.717, 1.165) is 32.1 Å². The van der Waals surface area contributed by atoms with Crippen LogP contribution in [-0.2, 0) is 23.9 Å². The van der Waals surface area contributed by atoms with Crippen LogP contribution in [0.3, 0.4) is 0 Å². The van der Waals surface area contributed by atoms with Crippen LogP contribution in [0.15, 0.2) is 4.99 Å².